The lowest BCUT2D eigenvalue weighted by Crippen LogP contribution is -2.48. The first-order chi connectivity index (χ1) is 13.1. The van der Waals surface area contributed by atoms with Gasteiger partial charge in [0.25, 0.3) is 0 Å². The van der Waals surface area contributed by atoms with Gasteiger partial charge in [0.1, 0.15) is 0 Å². The lowest BCUT2D eigenvalue weighted by atomic mass is 9.93. The molecule has 27 heavy (non-hydrogen) atoms. The van der Waals surface area contributed by atoms with Crippen molar-refractivity contribution in [2.24, 2.45) is 11.7 Å². The van der Waals surface area contributed by atoms with Crippen LogP contribution in [-0.4, -0.2) is 41.9 Å². The molecule has 3 rings (SSSR count). The summed E-state index contributed by atoms with van der Waals surface area (Å²) in [5.74, 6) is -0.0763. The van der Waals surface area contributed by atoms with Gasteiger partial charge in [0.2, 0.25) is 5.91 Å². The fourth-order valence-corrected chi connectivity index (χ4v) is 3.93. The van der Waals surface area contributed by atoms with Crippen molar-refractivity contribution in [1.82, 2.24) is 9.80 Å². The number of nitrogens with zero attached hydrogens (tertiary/aromatic N) is 2. The average molecular weight is 366 g/mol. The van der Waals surface area contributed by atoms with Crippen LogP contribution < -0.4 is 5.73 Å². The van der Waals surface area contributed by atoms with Gasteiger partial charge in [0.05, 0.1) is 5.92 Å². The van der Waals surface area contributed by atoms with Crippen LogP contribution in [0.1, 0.15) is 36.9 Å². The lowest BCUT2D eigenvalue weighted by Gasteiger charge is -2.38. The third kappa shape index (κ3) is 4.96. The Hall–Kier alpha value is -2.17. The van der Waals surface area contributed by atoms with E-state index in [1.807, 2.05) is 49.2 Å². The second-order valence-corrected chi connectivity index (χ2v) is 7.67. The smallest absolute Gasteiger partial charge is 0.227 e. The molecule has 0 spiro atoms. The minimum atomic E-state index is -0.265. The number of hydrogen-bond acceptors (Lipinski definition) is 3. The molecule has 1 heterocycles. The van der Waals surface area contributed by atoms with Crippen LogP contribution in [0, 0.1) is 5.92 Å². The van der Waals surface area contributed by atoms with Gasteiger partial charge in [-0.1, -0.05) is 67.6 Å². The molecule has 4 heteroatoms. The maximum Gasteiger partial charge on any atom is 0.227 e. The topological polar surface area (TPSA) is 49.6 Å². The summed E-state index contributed by atoms with van der Waals surface area (Å²) in [5, 5.41) is 0. The first-order valence-corrected chi connectivity index (χ1v) is 9.89. The van der Waals surface area contributed by atoms with Gasteiger partial charge < -0.3 is 10.6 Å². The highest BCUT2D eigenvalue weighted by Crippen LogP contribution is 2.24. The van der Waals surface area contributed by atoms with Gasteiger partial charge >= 0.3 is 0 Å². The SMILES string of the molecule is CC(C(=O)N(C)C1CCN(Cc2ccccc2)CC1)C(N)c1ccccc1. The Bertz CT molecular complexity index is 711. The Morgan fingerprint density at radius 2 is 1.63 bits per heavy atom. The summed E-state index contributed by atoms with van der Waals surface area (Å²) < 4.78 is 0. The number of likely N-dealkylation sites (tertiary alicyclic amines) is 1. The summed E-state index contributed by atoms with van der Waals surface area (Å²) in [6, 6.07) is 20.5. The van der Waals surface area contributed by atoms with Crippen LogP contribution in [0.25, 0.3) is 0 Å². The second-order valence-electron chi connectivity index (χ2n) is 7.67. The van der Waals surface area contributed by atoms with E-state index >= 15 is 0 Å². The van der Waals surface area contributed by atoms with Crippen molar-refractivity contribution in [3.05, 3.63) is 71.8 Å². The number of carbonyl (C=O) groups excluding carboxylic acids is 1. The number of carbonyl (C=O) groups is 1. The molecule has 2 unspecified atom stereocenters. The summed E-state index contributed by atoms with van der Waals surface area (Å²) >= 11 is 0. The molecule has 1 saturated heterocycles. The zero-order valence-electron chi connectivity index (χ0n) is 16.4. The van der Waals surface area contributed by atoms with E-state index in [0.717, 1.165) is 38.0 Å². The molecule has 2 atom stereocenters. The quantitative estimate of drug-likeness (QED) is 0.853. The zero-order chi connectivity index (χ0) is 19.2. The van der Waals surface area contributed by atoms with Crippen LogP contribution in [0.3, 0.4) is 0 Å². The van der Waals surface area contributed by atoms with Gasteiger partial charge in [-0.15, -0.1) is 0 Å². The molecule has 1 aliphatic rings. The monoisotopic (exact) mass is 365 g/mol. The number of benzene rings is 2. The van der Waals surface area contributed by atoms with E-state index < -0.39 is 0 Å². The lowest BCUT2D eigenvalue weighted by molar-refractivity contribution is -0.137. The van der Waals surface area contributed by atoms with E-state index in [2.05, 4.69) is 35.2 Å². The third-order valence-electron chi connectivity index (χ3n) is 5.81. The number of piperidine rings is 1. The molecule has 2 N–H and O–H groups in total. The predicted molar refractivity (Wildman–Crippen MR) is 110 cm³/mol. The molecule has 0 aromatic heterocycles. The molecular formula is C23H31N3O. The minimum Gasteiger partial charge on any atom is -0.342 e. The van der Waals surface area contributed by atoms with Gasteiger partial charge in [-0.2, -0.15) is 0 Å². The molecule has 4 nitrogen and oxygen atoms in total. The van der Waals surface area contributed by atoms with Crippen molar-refractivity contribution in [3.8, 4) is 0 Å². The predicted octanol–water partition coefficient (Wildman–Crippen LogP) is 3.45. The van der Waals surface area contributed by atoms with Crippen molar-refractivity contribution in [2.45, 2.75) is 38.4 Å². The number of nitrogens with two attached hydrogens (primary N) is 1. The zero-order valence-corrected chi connectivity index (χ0v) is 16.4. The van der Waals surface area contributed by atoms with Crippen molar-refractivity contribution in [1.29, 1.82) is 0 Å². The molecule has 2 aromatic rings. The van der Waals surface area contributed by atoms with Gasteiger partial charge in [-0.25, -0.2) is 0 Å². The van der Waals surface area contributed by atoms with Crippen molar-refractivity contribution >= 4 is 5.91 Å². The molecule has 0 radical (unpaired) electrons. The third-order valence-corrected chi connectivity index (χ3v) is 5.81. The van der Waals surface area contributed by atoms with Crippen LogP contribution in [-0.2, 0) is 11.3 Å². The Morgan fingerprint density at radius 3 is 2.22 bits per heavy atom. The maximum atomic E-state index is 13.0. The summed E-state index contributed by atoms with van der Waals surface area (Å²) in [6.45, 7) is 4.98. The summed E-state index contributed by atoms with van der Waals surface area (Å²) in [6.07, 6.45) is 2.03. The van der Waals surface area contributed by atoms with E-state index in [1.54, 1.807) is 0 Å². The molecular weight excluding hydrogens is 334 g/mol. The fraction of sp³-hybridized carbons (Fsp3) is 0.435. The van der Waals surface area contributed by atoms with Crippen LogP contribution in [0.15, 0.2) is 60.7 Å². The first kappa shape index (κ1) is 19.6. The van der Waals surface area contributed by atoms with Crippen LogP contribution in [0.5, 0.6) is 0 Å². The van der Waals surface area contributed by atoms with Crippen LogP contribution in [0.4, 0.5) is 0 Å². The number of rotatable bonds is 6. The molecule has 1 amide bonds. The molecule has 144 valence electrons. The Kier molecular flexibility index (Phi) is 6.64. The normalized spacial score (nSPS) is 18.0. The Morgan fingerprint density at radius 1 is 1.07 bits per heavy atom. The highest BCUT2D eigenvalue weighted by molar-refractivity contribution is 5.79. The largest absolute Gasteiger partial charge is 0.342 e. The Labute approximate surface area is 163 Å². The first-order valence-electron chi connectivity index (χ1n) is 9.89. The Balaban J connectivity index is 1.52. The molecule has 0 aliphatic carbocycles. The van der Waals surface area contributed by atoms with E-state index in [9.17, 15) is 4.79 Å². The fourth-order valence-electron chi connectivity index (χ4n) is 3.93. The highest BCUT2D eigenvalue weighted by Gasteiger charge is 2.30. The van der Waals surface area contributed by atoms with E-state index in [1.165, 1.54) is 5.56 Å². The summed E-state index contributed by atoms with van der Waals surface area (Å²) in [7, 11) is 1.94. The van der Waals surface area contributed by atoms with Gasteiger partial charge in [0, 0.05) is 38.8 Å². The van der Waals surface area contributed by atoms with Crippen LogP contribution >= 0.6 is 0 Å². The average Bonchev–Trinajstić information content (AvgIpc) is 2.73. The van der Waals surface area contributed by atoms with E-state index in [-0.39, 0.29) is 17.9 Å². The van der Waals surface area contributed by atoms with E-state index in [4.69, 9.17) is 5.73 Å². The molecule has 0 bridgehead atoms. The van der Waals surface area contributed by atoms with Gasteiger partial charge in [0.15, 0.2) is 0 Å². The number of amides is 1. The highest BCUT2D eigenvalue weighted by atomic mass is 16.2. The molecule has 0 saturated carbocycles. The summed E-state index contributed by atoms with van der Waals surface area (Å²) in [5.41, 5.74) is 8.73. The maximum absolute atomic E-state index is 13.0. The minimum absolute atomic E-state index is 0.146. The van der Waals surface area contributed by atoms with Gasteiger partial charge in [-0.05, 0) is 24.0 Å². The van der Waals surface area contributed by atoms with Crippen molar-refractivity contribution < 1.29 is 4.79 Å². The standard InChI is InChI=1S/C23H31N3O/c1-18(22(24)20-11-7-4-8-12-20)23(27)25(2)21-13-15-26(16-14-21)17-19-9-5-3-6-10-19/h3-12,18,21-22H,13-17,24H2,1-2H3. The molecule has 1 aliphatic heterocycles. The second kappa shape index (κ2) is 9.16. The van der Waals surface area contributed by atoms with Crippen molar-refractivity contribution in [3.63, 3.8) is 0 Å². The van der Waals surface area contributed by atoms with Crippen molar-refractivity contribution in [2.75, 3.05) is 20.1 Å². The number of hydrogen-bond donors (Lipinski definition) is 1. The van der Waals surface area contributed by atoms with E-state index in [0.29, 0.717) is 6.04 Å². The van der Waals surface area contributed by atoms with Crippen LogP contribution in [0.2, 0.25) is 0 Å². The summed E-state index contributed by atoms with van der Waals surface area (Å²) in [4.78, 5) is 17.4. The molecule has 1 fully saturated rings. The van der Waals surface area contributed by atoms with Gasteiger partial charge in [-0.3, -0.25) is 9.69 Å². The molecule has 2 aromatic carbocycles.